The van der Waals surface area contributed by atoms with Crippen LogP contribution in [0.1, 0.15) is 22.4 Å². The van der Waals surface area contributed by atoms with Crippen LogP contribution in [0.2, 0.25) is 0 Å². The van der Waals surface area contributed by atoms with Crippen LogP contribution in [0.15, 0.2) is 58.1 Å². The highest BCUT2D eigenvalue weighted by Crippen LogP contribution is 2.33. The number of aryl methyl sites for hydroxylation is 1. The van der Waals surface area contributed by atoms with E-state index in [1.165, 1.54) is 14.0 Å². The fourth-order valence-electron chi connectivity index (χ4n) is 3.12. The van der Waals surface area contributed by atoms with Gasteiger partial charge in [-0.25, -0.2) is 9.18 Å². The summed E-state index contributed by atoms with van der Waals surface area (Å²) in [5.41, 5.74) is -2.51. The molecule has 1 heterocycles. The third-order valence-electron chi connectivity index (χ3n) is 4.73. The normalized spacial score (nSPS) is 11.5. The Balaban J connectivity index is 2.07. The van der Waals surface area contributed by atoms with Crippen molar-refractivity contribution in [1.82, 2.24) is 9.13 Å². The zero-order valence-electron chi connectivity index (χ0n) is 16.2. The number of hydrogen-bond acceptors (Lipinski definition) is 3. The number of ether oxygens (including phenoxy) is 1. The van der Waals surface area contributed by atoms with Crippen LogP contribution in [0.5, 0.6) is 5.75 Å². The Morgan fingerprint density at radius 3 is 2.23 bits per heavy atom. The summed E-state index contributed by atoms with van der Waals surface area (Å²) in [5, 5.41) is 0. The van der Waals surface area contributed by atoms with Gasteiger partial charge < -0.3 is 4.74 Å². The van der Waals surface area contributed by atoms with E-state index in [4.69, 9.17) is 4.74 Å². The van der Waals surface area contributed by atoms with E-state index in [0.29, 0.717) is 11.3 Å². The molecule has 9 heteroatoms. The number of aromatic nitrogens is 2. The van der Waals surface area contributed by atoms with Gasteiger partial charge in [0.15, 0.2) is 0 Å². The predicted molar refractivity (Wildman–Crippen MR) is 102 cm³/mol. The molecule has 0 amide bonds. The molecular formula is C21H18F4N2O3. The number of nitrogens with zero attached hydrogens (tertiary/aromatic N) is 2. The molecule has 1 aromatic heterocycles. The lowest BCUT2D eigenvalue weighted by atomic mass is 10.1. The lowest BCUT2D eigenvalue weighted by Crippen LogP contribution is -2.41. The average molecular weight is 422 g/mol. The lowest BCUT2D eigenvalue weighted by Gasteiger charge is -2.17. The van der Waals surface area contributed by atoms with E-state index < -0.39 is 40.9 Å². The van der Waals surface area contributed by atoms with Gasteiger partial charge in [-0.05, 0) is 36.8 Å². The Kier molecular flexibility index (Phi) is 5.82. The number of rotatable bonds is 5. The van der Waals surface area contributed by atoms with E-state index >= 15 is 0 Å². The van der Waals surface area contributed by atoms with Crippen LogP contribution in [0.25, 0.3) is 0 Å². The third kappa shape index (κ3) is 4.29. The maximum absolute atomic E-state index is 14.2. The van der Waals surface area contributed by atoms with E-state index in [-0.39, 0.29) is 12.2 Å². The Bertz CT molecular complexity index is 1180. The van der Waals surface area contributed by atoms with Gasteiger partial charge in [0.05, 0.1) is 25.8 Å². The summed E-state index contributed by atoms with van der Waals surface area (Å²) < 4.78 is 61.1. The molecule has 0 aliphatic heterocycles. The van der Waals surface area contributed by atoms with Crippen LogP contribution < -0.4 is 16.0 Å². The smallest absolute Gasteiger partial charge is 0.416 e. The number of halogens is 4. The van der Waals surface area contributed by atoms with Gasteiger partial charge in [-0.2, -0.15) is 13.2 Å². The second kappa shape index (κ2) is 8.17. The molecule has 2 aromatic carbocycles. The van der Waals surface area contributed by atoms with E-state index in [1.54, 1.807) is 24.3 Å². The highest BCUT2D eigenvalue weighted by molar-refractivity contribution is 5.32. The van der Waals surface area contributed by atoms with Crippen molar-refractivity contribution in [3.63, 3.8) is 0 Å². The van der Waals surface area contributed by atoms with Gasteiger partial charge in [-0.3, -0.25) is 13.9 Å². The van der Waals surface area contributed by atoms with Gasteiger partial charge in [-0.1, -0.05) is 18.2 Å². The molecule has 0 aliphatic rings. The minimum Gasteiger partial charge on any atom is -0.497 e. The Hall–Kier alpha value is -3.36. The monoisotopic (exact) mass is 422 g/mol. The molecule has 0 N–H and O–H groups in total. The van der Waals surface area contributed by atoms with Crippen molar-refractivity contribution >= 4 is 0 Å². The van der Waals surface area contributed by atoms with Crippen molar-refractivity contribution in [2.75, 3.05) is 7.11 Å². The molecule has 0 aliphatic carbocycles. The first-order valence-electron chi connectivity index (χ1n) is 8.90. The van der Waals surface area contributed by atoms with Crippen molar-refractivity contribution in [3.8, 4) is 5.75 Å². The maximum atomic E-state index is 14.2. The molecule has 0 unspecified atom stereocenters. The number of hydrogen-bond donors (Lipinski definition) is 0. The number of alkyl halides is 3. The second-order valence-corrected chi connectivity index (χ2v) is 6.69. The minimum atomic E-state index is -4.79. The number of benzene rings is 2. The molecule has 158 valence electrons. The van der Waals surface area contributed by atoms with Crippen LogP contribution in [0.4, 0.5) is 17.6 Å². The standard InChI is InChI=1S/C21H18F4N2O3/c1-13-10-19(28)27(11-14-6-8-15(30-2)9-7-14)20(29)26(13)12-16-17(21(23,24)25)4-3-5-18(16)22/h3-10H,11-12H2,1-2H3. The van der Waals surface area contributed by atoms with Gasteiger partial charge in [-0.15, -0.1) is 0 Å². The molecule has 0 fully saturated rings. The summed E-state index contributed by atoms with van der Waals surface area (Å²) in [4.78, 5) is 25.3. The van der Waals surface area contributed by atoms with Crippen molar-refractivity contribution in [2.45, 2.75) is 26.2 Å². The summed E-state index contributed by atoms with van der Waals surface area (Å²) in [7, 11) is 1.50. The first-order chi connectivity index (χ1) is 14.1. The van der Waals surface area contributed by atoms with Gasteiger partial charge >= 0.3 is 11.9 Å². The van der Waals surface area contributed by atoms with E-state index in [2.05, 4.69) is 0 Å². The highest BCUT2D eigenvalue weighted by Gasteiger charge is 2.34. The van der Waals surface area contributed by atoms with Crippen LogP contribution in [0.3, 0.4) is 0 Å². The average Bonchev–Trinajstić information content (AvgIpc) is 2.69. The summed E-state index contributed by atoms with van der Waals surface area (Å²) in [5.74, 6) is -0.490. The molecule has 0 atom stereocenters. The topological polar surface area (TPSA) is 53.2 Å². The number of methoxy groups -OCH3 is 1. The first kappa shape index (κ1) is 21.4. The van der Waals surface area contributed by atoms with Crippen molar-refractivity contribution in [3.05, 3.63) is 97.6 Å². The van der Waals surface area contributed by atoms with Gasteiger partial charge in [0.1, 0.15) is 11.6 Å². The molecular weight excluding hydrogens is 404 g/mol. The lowest BCUT2D eigenvalue weighted by molar-refractivity contribution is -0.138. The fourth-order valence-corrected chi connectivity index (χ4v) is 3.12. The van der Waals surface area contributed by atoms with E-state index in [9.17, 15) is 27.2 Å². The molecule has 0 spiro atoms. The molecule has 0 radical (unpaired) electrons. The Morgan fingerprint density at radius 2 is 1.63 bits per heavy atom. The summed E-state index contributed by atoms with van der Waals surface area (Å²) >= 11 is 0. The van der Waals surface area contributed by atoms with Gasteiger partial charge in [0.25, 0.3) is 5.56 Å². The van der Waals surface area contributed by atoms with Crippen LogP contribution in [-0.2, 0) is 19.3 Å². The van der Waals surface area contributed by atoms with Crippen LogP contribution in [0, 0.1) is 12.7 Å². The molecule has 0 bridgehead atoms. The highest BCUT2D eigenvalue weighted by atomic mass is 19.4. The largest absolute Gasteiger partial charge is 0.497 e. The van der Waals surface area contributed by atoms with E-state index in [1.807, 2.05) is 0 Å². The minimum absolute atomic E-state index is 0.0919. The molecule has 30 heavy (non-hydrogen) atoms. The fraction of sp³-hybridized carbons (Fsp3) is 0.238. The quantitative estimate of drug-likeness (QED) is 0.591. The molecule has 0 saturated carbocycles. The van der Waals surface area contributed by atoms with E-state index in [0.717, 1.165) is 33.4 Å². The second-order valence-electron chi connectivity index (χ2n) is 6.69. The van der Waals surface area contributed by atoms with Crippen LogP contribution in [-0.4, -0.2) is 16.2 Å². The SMILES string of the molecule is COc1ccc(Cn2c(=O)cc(C)n(Cc3c(F)cccc3C(F)(F)F)c2=O)cc1. The van der Waals surface area contributed by atoms with Crippen molar-refractivity contribution in [1.29, 1.82) is 0 Å². The molecule has 3 aromatic rings. The van der Waals surface area contributed by atoms with Crippen molar-refractivity contribution in [2.24, 2.45) is 0 Å². The molecule has 5 nitrogen and oxygen atoms in total. The molecule has 0 saturated heterocycles. The van der Waals surface area contributed by atoms with Crippen molar-refractivity contribution < 1.29 is 22.3 Å². The van der Waals surface area contributed by atoms with Gasteiger partial charge in [0.2, 0.25) is 0 Å². The summed E-state index contributed by atoms with van der Waals surface area (Å²) in [6.07, 6.45) is -4.79. The van der Waals surface area contributed by atoms with Crippen LogP contribution >= 0.6 is 0 Å². The predicted octanol–water partition coefficient (Wildman–Crippen LogP) is 3.58. The molecule has 3 rings (SSSR count). The Morgan fingerprint density at radius 1 is 0.967 bits per heavy atom. The Labute approximate surface area is 168 Å². The summed E-state index contributed by atoms with van der Waals surface area (Å²) in [6.45, 7) is 0.662. The summed E-state index contributed by atoms with van der Waals surface area (Å²) in [6, 6.07) is 10.4. The zero-order chi connectivity index (χ0) is 22.1. The zero-order valence-corrected chi connectivity index (χ0v) is 16.2. The van der Waals surface area contributed by atoms with Gasteiger partial charge in [0, 0.05) is 17.3 Å². The maximum Gasteiger partial charge on any atom is 0.416 e. The first-order valence-corrected chi connectivity index (χ1v) is 8.90. The third-order valence-corrected chi connectivity index (χ3v) is 4.73.